The molecule has 4 atom stereocenters. The molecular weight excluding hydrogens is 459 g/mol. The highest BCUT2D eigenvalue weighted by Crippen LogP contribution is 2.35. The molecule has 4 rings (SSSR count). The smallest absolute Gasteiger partial charge is 0.303 e. The van der Waals surface area contributed by atoms with Crippen LogP contribution in [0.15, 0.2) is 60.8 Å². The molecule has 1 aliphatic heterocycles. The van der Waals surface area contributed by atoms with Crippen LogP contribution in [0, 0.1) is 11.8 Å². The minimum absolute atomic E-state index is 0.0208. The van der Waals surface area contributed by atoms with Crippen LogP contribution in [0.25, 0.3) is 10.9 Å². The number of benzene rings is 2. The van der Waals surface area contributed by atoms with Crippen LogP contribution in [0.2, 0.25) is 0 Å². The molecule has 6 nitrogen and oxygen atoms in total. The normalized spacial score (nSPS) is 20.2. The number of nitrogens with zero attached hydrogens (tertiary/aromatic N) is 2. The van der Waals surface area contributed by atoms with E-state index in [-0.39, 0.29) is 18.3 Å². The van der Waals surface area contributed by atoms with E-state index in [1.807, 2.05) is 42.5 Å². The van der Waals surface area contributed by atoms with E-state index in [2.05, 4.69) is 9.88 Å². The predicted molar refractivity (Wildman–Crippen MR) is 138 cm³/mol. The second-order valence-electron chi connectivity index (χ2n) is 9.75. The Hall–Kier alpha value is -3.03. The Labute approximate surface area is 211 Å². The van der Waals surface area contributed by atoms with Crippen molar-refractivity contribution in [3.05, 3.63) is 71.9 Å². The number of methoxy groups -OCH3 is 1. The van der Waals surface area contributed by atoms with E-state index in [1.165, 1.54) is 0 Å². The number of carboxylic acid groups (broad SMARTS) is 1. The number of hydrogen-bond donors (Lipinski definition) is 2. The quantitative estimate of drug-likeness (QED) is 0.363. The number of carbonyl (C=O) groups is 1. The number of aliphatic carboxylic acids is 1. The number of likely N-dealkylation sites (tertiary alicyclic amines) is 1. The Morgan fingerprint density at radius 3 is 2.72 bits per heavy atom. The van der Waals surface area contributed by atoms with Crippen molar-refractivity contribution in [2.24, 2.45) is 11.8 Å². The maximum atomic E-state index is 14.6. The highest BCUT2D eigenvalue weighted by atomic mass is 19.1. The largest absolute Gasteiger partial charge is 0.497 e. The van der Waals surface area contributed by atoms with Crippen LogP contribution in [-0.2, 0) is 4.79 Å². The zero-order valence-electron chi connectivity index (χ0n) is 20.7. The molecule has 0 aliphatic carbocycles. The molecule has 2 N–H and O–H groups in total. The standard InChI is InChI=1S/C29H35FN2O4/c1-36-23-8-9-27-25(18-23)24(11-14-31-27)28(33)10-7-20-12-15-32(19-22(20)17-29(34)35)16-13-26(30)21-5-3-2-4-6-21/h2-6,8-9,11,14,18,20,22,26,28,33H,7,10,12-13,15-17,19H2,1H3,(H,34,35)/t20-,22+,26?,28?/m1/s1. The minimum atomic E-state index is -1.02. The predicted octanol–water partition coefficient (Wildman–Crippen LogP) is 5.57. The lowest BCUT2D eigenvalue weighted by Crippen LogP contribution is -2.42. The fourth-order valence-corrected chi connectivity index (χ4v) is 5.41. The Balaban J connectivity index is 1.36. The van der Waals surface area contributed by atoms with Crippen LogP contribution < -0.4 is 4.74 Å². The maximum absolute atomic E-state index is 14.6. The second kappa shape index (κ2) is 12.3. The molecule has 1 saturated heterocycles. The summed E-state index contributed by atoms with van der Waals surface area (Å²) in [5, 5.41) is 21.4. The number of aliphatic hydroxyl groups excluding tert-OH is 1. The van der Waals surface area contributed by atoms with Crippen molar-refractivity contribution in [3.63, 3.8) is 0 Å². The Bertz CT molecular complexity index is 1140. The van der Waals surface area contributed by atoms with Crippen molar-refractivity contribution in [2.45, 2.75) is 44.4 Å². The van der Waals surface area contributed by atoms with Gasteiger partial charge >= 0.3 is 5.97 Å². The van der Waals surface area contributed by atoms with Crippen molar-refractivity contribution in [3.8, 4) is 5.75 Å². The van der Waals surface area contributed by atoms with Gasteiger partial charge in [-0.25, -0.2) is 4.39 Å². The first-order valence-electron chi connectivity index (χ1n) is 12.7. The topological polar surface area (TPSA) is 82.9 Å². The number of aromatic nitrogens is 1. The fourth-order valence-electron chi connectivity index (χ4n) is 5.41. The van der Waals surface area contributed by atoms with Crippen LogP contribution in [0.5, 0.6) is 5.75 Å². The molecule has 2 aromatic carbocycles. The van der Waals surface area contributed by atoms with Crippen molar-refractivity contribution >= 4 is 16.9 Å². The second-order valence-corrected chi connectivity index (χ2v) is 9.75. The molecule has 0 bridgehead atoms. The van der Waals surface area contributed by atoms with E-state index in [0.29, 0.717) is 37.2 Å². The molecule has 1 aromatic heterocycles. The monoisotopic (exact) mass is 494 g/mol. The molecule has 0 saturated carbocycles. The van der Waals surface area contributed by atoms with Gasteiger partial charge in [-0.3, -0.25) is 9.78 Å². The molecule has 192 valence electrons. The third-order valence-electron chi connectivity index (χ3n) is 7.42. The van der Waals surface area contributed by atoms with Crippen molar-refractivity contribution in [1.29, 1.82) is 0 Å². The van der Waals surface area contributed by atoms with Gasteiger partial charge in [-0.05, 0) is 79.5 Å². The first-order chi connectivity index (χ1) is 17.4. The van der Waals surface area contributed by atoms with Crippen LogP contribution in [0.4, 0.5) is 4.39 Å². The van der Waals surface area contributed by atoms with Gasteiger partial charge in [0.05, 0.1) is 18.7 Å². The summed E-state index contributed by atoms with van der Waals surface area (Å²) in [5.74, 6) is 0.0744. The zero-order chi connectivity index (χ0) is 25.5. The molecule has 7 heteroatoms. The van der Waals surface area contributed by atoms with Crippen LogP contribution in [0.3, 0.4) is 0 Å². The number of carboxylic acids is 1. The highest BCUT2D eigenvalue weighted by Gasteiger charge is 2.31. The number of fused-ring (bicyclic) bond motifs is 1. The number of ether oxygens (including phenoxy) is 1. The lowest BCUT2D eigenvalue weighted by Gasteiger charge is -2.38. The fraction of sp³-hybridized carbons (Fsp3) is 0.448. The Kier molecular flexibility index (Phi) is 8.88. The van der Waals surface area contributed by atoms with Crippen LogP contribution >= 0.6 is 0 Å². The number of hydrogen-bond acceptors (Lipinski definition) is 5. The molecule has 3 aromatic rings. The van der Waals surface area contributed by atoms with Gasteiger partial charge in [0.15, 0.2) is 0 Å². The summed E-state index contributed by atoms with van der Waals surface area (Å²) in [7, 11) is 1.61. The van der Waals surface area contributed by atoms with Gasteiger partial charge in [0.1, 0.15) is 11.9 Å². The Morgan fingerprint density at radius 2 is 1.97 bits per heavy atom. The maximum Gasteiger partial charge on any atom is 0.303 e. The minimum Gasteiger partial charge on any atom is -0.497 e. The molecule has 0 radical (unpaired) electrons. The first kappa shape index (κ1) is 26.0. The Morgan fingerprint density at radius 1 is 1.17 bits per heavy atom. The van der Waals surface area contributed by atoms with Crippen molar-refractivity contribution in [2.75, 3.05) is 26.7 Å². The van der Waals surface area contributed by atoms with Crippen molar-refractivity contribution in [1.82, 2.24) is 9.88 Å². The summed E-state index contributed by atoms with van der Waals surface area (Å²) >= 11 is 0. The third-order valence-corrected chi connectivity index (χ3v) is 7.42. The average Bonchev–Trinajstić information content (AvgIpc) is 2.90. The van der Waals surface area contributed by atoms with Gasteiger partial charge in [0.25, 0.3) is 0 Å². The number of pyridine rings is 1. The van der Waals surface area contributed by atoms with Crippen molar-refractivity contribution < 1.29 is 24.1 Å². The van der Waals surface area contributed by atoms with Crippen LogP contribution in [0.1, 0.15) is 55.5 Å². The van der Waals surface area contributed by atoms with Gasteiger partial charge < -0.3 is 19.8 Å². The molecule has 0 amide bonds. The molecular formula is C29H35FN2O4. The third kappa shape index (κ3) is 6.59. The summed E-state index contributed by atoms with van der Waals surface area (Å²) in [4.78, 5) is 18.2. The molecule has 2 heterocycles. The van der Waals surface area contributed by atoms with Gasteiger partial charge in [0, 0.05) is 31.1 Å². The van der Waals surface area contributed by atoms with Gasteiger partial charge in [0.2, 0.25) is 0 Å². The first-order valence-corrected chi connectivity index (χ1v) is 12.7. The van der Waals surface area contributed by atoms with E-state index in [4.69, 9.17) is 4.74 Å². The molecule has 0 spiro atoms. The number of rotatable bonds is 11. The zero-order valence-corrected chi connectivity index (χ0v) is 20.7. The van der Waals surface area contributed by atoms with Gasteiger partial charge in [-0.2, -0.15) is 0 Å². The molecule has 2 unspecified atom stereocenters. The summed E-state index contributed by atoms with van der Waals surface area (Å²) < 4.78 is 20.0. The highest BCUT2D eigenvalue weighted by molar-refractivity contribution is 5.83. The average molecular weight is 495 g/mol. The summed E-state index contributed by atoms with van der Waals surface area (Å²) in [6.45, 7) is 2.06. The molecule has 1 aliphatic rings. The van der Waals surface area contributed by atoms with E-state index >= 15 is 0 Å². The summed E-state index contributed by atoms with van der Waals surface area (Å²) in [6.07, 6.45) is 2.60. The molecule has 36 heavy (non-hydrogen) atoms. The van der Waals surface area contributed by atoms with E-state index in [9.17, 15) is 19.4 Å². The number of alkyl halides is 1. The summed E-state index contributed by atoms with van der Waals surface area (Å²) in [5.41, 5.74) is 2.29. The number of aliphatic hydroxyl groups is 1. The summed E-state index contributed by atoms with van der Waals surface area (Å²) in [6, 6.07) is 16.6. The van der Waals surface area contributed by atoms with E-state index < -0.39 is 18.2 Å². The lowest BCUT2D eigenvalue weighted by atomic mass is 9.79. The SMILES string of the molecule is COc1ccc2nccc(C(O)CC[C@@H]3CCN(CCC(F)c4ccccc4)C[C@@H]3CC(=O)O)c2c1. The number of piperidine rings is 1. The van der Waals surface area contributed by atoms with Crippen LogP contribution in [-0.4, -0.2) is 52.8 Å². The van der Waals surface area contributed by atoms with Gasteiger partial charge in [-0.1, -0.05) is 30.3 Å². The lowest BCUT2D eigenvalue weighted by molar-refractivity contribution is -0.139. The number of halogens is 1. The van der Waals surface area contributed by atoms with E-state index in [0.717, 1.165) is 35.9 Å². The van der Waals surface area contributed by atoms with Gasteiger partial charge in [-0.15, -0.1) is 0 Å². The van der Waals surface area contributed by atoms with E-state index in [1.54, 1.807) is 25.4 Å². The molecule has 1 fully saturated rings.